The fourth-order valence-electron chi connectivity index (χ4n) is 0.838. The summed E-state index contributed by atoms with van der Waals surface area (Å²) in [5.41, 5.74) is 0.0873. The normalized spacial score (nSPS) is 13.5. The highest BCUT2D eigenvalue weighted by atomic mass is 79.9. The summed E-state index contributed by atoms with van der Waals surface area (Å²) in [5, 5.41) is 1.33. The van der Waals surface area contributed by atoms with Crippen molar-refractivity contribution in [1.82, 2.24) is 0 Å². The lowest BCUT2D eigenvalue weighted by atomic mass is 10.2. The topological polar surface area (TPSA) is 52.6 Å². The van der Waals surface area contributed by atoms with E-state index in [1.807, 2.05) is 0 Å². The van der Waals surface area contributed by atoms with Gasteiger partial charge in [-0.2, -0.15) is 0 Å². The van der Waals surface area contributed by atoms with Gasteiger partial charge >= 0.3 is 11.9 Å². The van der Waals surface area contributed by atoms with Crippen LogP contribution in [0, 0.1) is 0 Å². The smallest absolute Gasteiger partial charge is 0.334 e. The third-order valence-corrected chi connectivity index (χ3v) is 6.28. The van der Waals surface area contributed by atoms with Gasteiger partial charge in [-0.1, -0.05) is 70.3 Å². The van der Waals surface area contributed by atoms with Crippen molar-refractivity contribution < 1.29 is 19.1 Å². The first-order valence-corrected chi connectivity index (χ1v) is 9.38. The largest absolute Gasteiger partial charge is 0.464 e. The summed E-state index contributed by atoms with van der Waals surface area (Å²) in [4.78, 5) is 23.0. The lowest BCUT2D eigenvalue weighted by molar-refractivity contribution is -0.146. The minimum absolute atomic E-state index is 0.0317. The van der Waals surface area contributed by atoms with Gasteiger partial charge in [0.2, 0.25) is 0 Å². The Morgan fingerprint density at radius 2 is 1.47 bits per heavy atom. The number of halogens is 4. The Morgan fingerprint density at radius 3 is 1.95 bits per heavy atom. The van der Waals surface area contributed by atoms with Crippen LogP contribution in [-0.2, 0) is 19.1 Å². The predicted octanol–water partition coefficient (Wildman–Crippen LogP) is 3.34. The second kappa shape index (κ2) is 11.3. The number of carbonyl (C=O) groups is 2. The van der Waals surface area contributed by atoms with Crippen molar-refractivity contribution in [2.75, 3.05) is 23.9 Å². The molecule has 0 aromatic carbocycles. The molecule has 110 valence electrons. The fourth-order valence-corrected chi connectivity index (χ4v) is 1.48. The van der Waals surface area contributed by atoms with Crippen LogP contribution < -0.4 is 0 Å². The lowest BCUT2D eigenvalue weighted by Crippen LogP contribution is -2.19. The molecule has 8 heteroatoms. The number of hydrogen-bond acceptors (Lipinski definition) is 4. The summed E-state index contributed by atoms with van der Waals surface area (Å²) >= 11 is 13.1. The zero-order valence-corrected chi connectivity index (χ0v) is 16.4. The second-order valence-electron chi connectivity index (χ2n) is 3.56. The molecule has 0 amide bonds. The lowest BCUT2D eigenvalue weighted by Gasteiger charge is -2.10. The Kier molecular flexibility index (Phi) is 11.6. The maximum absolute atomic E-state index is 11.5. The molecule has 0 heterocycles. The highest BCUT2D eigenvalue weighted by Gasteiger charge is 2.16. The van der Waals surface area contributed by atoms with Gasteiger partial charge in [0.15, 0.2) is 0 Å². The number of carbonyl (C=O) groups excluding carboxylic acids is 2. The summed E-state index contributed by atoms with van der Waals surface area (Å²) in [5.74, 6) is -1.08. The van der Waals surface area contributed by atoms with Gasteiger partial charge in [-0.15, -0.1) is 0 Å². The van der Waals surface area contributed by atoms with Crippen LogP contribution in [0.15, 0.2) is 12.2 Å². The van der Waals surface area contributed by atoms with Crippen LogP contribution in [0.3, 0.4) is 0 Å². The van der Waals surface area contributed by atoms with Crippen LogP contribution in [0.25, 0.3) is 0 Å². The van der Waals surface area contributed by atoms with Crippen molar-refractivity contribution in [2.45, 2.75) is 16.1 Å². The van der Waals surface area contributed by atoms with E-state index in [1.165, 1.54) is 0 Å². The van der Waals surface area contributed by atoms with E-state index < -0.39 is 11.9 Å². The van der Waals surface area contributed by atoms with Crippen molar-refractivity contribution in [3.63, 3.8) is 0 Å². The molecule has 2 unspecified atom stereocenters. The summed E-state index contributed by atoms with van der Waals surface area (Å²) in [6.45, 7) is 3.97. The van der Waals surface area contributed by atoms with E-state index in [-0.39, 0.29) is 34.9 Å². The average molecular weight is 530 g/mol. The van der Waals surface area contributed by atoms with E-state index >= 15 is 0 Å². The van der Waals surface area contributed by atoms with Gasteiger partial charge < -0.3 is 9.47 Å². The minimum Gasteiger partial charge on any atom is -0.464 e. The molecular weight excluding hydrogens is 516 g/mol. The molecule has 0 aliphatic rings. The molecule has 0 aliphatic heterocycles. The predicted molar refractivity (Wildman–Crippen MR) is 88.7 cm³/mol. The van der Waals surface area contributed by atoms with Gasteiger partial charge in [0.05, 0.1) is 16.1 Å². The molecule has 2 atom stereocenters. The molecule has 0 bridgehead atoms. The molecule has 0 fully saturated rings. The Bertz CT molecular complexity index is 322. The molecule has 19 heavy (non-hydrogen) atoms. The molecule has 0 aromatic heterocycles. The second-order valence-corrected chi connectivity index (χ2v) is 7.45. The van der Waals surface area contributed by atoms with E-state index in [1.54, 1.807) is 0 Å². The summed E-state index contributed by atoms with van der Waals surface area (Å²) in [7, 11) is 0. The van der Waals surface area contributed by atoms with Crippen LogP contribution in [0.1, 0.15) is 6.42 Å². The van der Waals surface area contributed by atoms with Crippen LogP contribution in [0.5, 0.6) is 0 Å². The van der Waals surface area contributed by atoms with Crippen LogP contribution in [-0.4, -0.2) is 45.5 Å². The zero-order chi connectivity index (χ0) is 14.8. The molecule has 0 N–H and O–H groups in total. The third kappa shape index (κ3) is 10.0. The molecule has 0 spiro atoms. The number of alkyl halides is 4. The van der Waals surface area contributed by atoms with Crippen LogP contribution in [0.4, 0.5) is 0 Å². The number of esters is 2. The Balaban J connectivity index is 3.95. The molecule has 0 radical (unpaired) electrons. The van der Waals surface area contributed by atoms with Gasteiger partial charge in [-0.3, -0.25) is 4.79 Å². The van der Waals surface area contributed by atoms with Gasteiger partial charge in [0, 0.05) is 16.2 Å². The molecule has 0 aromatic rings. The van der Waals surface area contributed by atoms with Crippen molar-refractivity contribution in [2.24, 2.45) is 0 Å². The zero-order valence-electron chi connectivity index (χ0n) is 10.0. The third-order valence-electron chi connectivity index (χ3n) is 1.80. The quantitative estimate of drug-likeness (QED) is 0.261. The van der Waals surface area contributed by atoms with E-state index in [0.717, 1.165) is 0 Å². The average Bonchev–Trinajstić information content (AvgIpc) is 2.41. The maximum Gasteiger partial charge on any atom is 0.334 e. The summed E-state index contributed by atoms with van der Waals surface area (Å²) in [6, 6.07) is 0. The number of hydrogen-bond donors (Lipinski definition) is 0. The van der Waals surface area contributed by atoms with Crippen molar-refractivity contribution in [3.05, 3.63) is 12.2 Å². The van der Waals surface area contributed by atoms with E-state index in [0.29, 0.717) is 10.7 Å². The van der Waals surface area contributed by atoms with Crippen molar-refractivity contribution in [1.29, 1.82) is 0 Å². The van der Waals surface area contributed by atoms with Crippen LogP contribution >= 0.6 is 63.7 Å². The van der Waals surface area contributed by atoms with E-state index in [2.05, 4.69) is 70.3 Å². The van der Waals surface area contributed by atoms with Gasteiger partial charge in [-0.25, -0.2) is 4.79 Å². The van der Waals surface area contributed by atoms with Gasteiger partial charge in [0.25, 0.3) is 0 Å². The molecule has 0 saturated carbocycles. The fraction of sp³-hybridized carbons (Fsp3) is 0.636. The standard InChI is InChI=1S/C11H14Br4O4/c1-7(11(17)19-6-9(15)4-13)2-10(16)18-5-8(14)3-12/h8-9H,1-6H2. The first-order chi connectivity index (χ1) is 8.90. The van der Waals surface area contributed by atoms with E-state index in [9.17, 15) is 9.59 Å². The van der Waals surface area contributed by atoms with Crippen molar-refractivity contribution >= 4 is 75.7 Å². The number of rotatable bonds is 9. The highest BCUT2D eigenvalue weighted by molar-refractivity contribution is 9.12. The van der Waals surface area contributed by atoms with Gasteiger partial charge in [0.1, 0.15) is 13.2 Å². The summed E-state index contributed by atoms with van der Waals surface area (Å²) in [6.07, 6.45) is -0.165. The molecule has 0 saturated heterocycles. The summed E-state index contributed by atoms with van der Waals surface area (Å²) < 4.78 is 9.93. The Labute approximate surface area is 146 Å². The number of ether oxygens (including phenoxy) is 2. The first-order valence-electron chi connectivity index (χ1n) is 5.31. The van der Waals surface area contributed by atoms with Gasteiger partial charge in [-0.05, 0) is 0 Å². The van der Waals surface area contributed by atoms with E-state index in [4.69, 9.17) is 9.47 Å². The van der Waals surface area contributed by atoms with Crippen LogP contribution in [0.2, 0.25) is 0 Å². The minimum atomic E-state index is -0.585. The maximum atomic E-state index is 11.5. The Hall–Kier alpha value is 0.600. The van der Waals surface area contributed by atoms with Crippen molar-refractivity contribution in [3.8, 4) is 0 Å². The monoisotopic (exact) mass is 526 g/mol. The molecule has 0 aliphatic carbocycles. The molecular formula is C11H14Br4O4. The Morgan fingerprint density at radius 1 is 1.00 bits per heavy atom. The first kappa shape index (κ1) is 19.6. The molecule has 4 nitrogen and oxygen atoms in total. The SMILES string of the molecule is C=C(CC(=O)OCC(Br)CBr)C(=O)OCC(Br)CBr. The highest BCUT2D eigenvalue weighted by Crippen LogP contribution is 2.09. The molecule has 0 rings (SSSR count).